The number of ether oxygens (including phenoxy) is 2. The molecule has 0 unspecified atom stereocenters. The molecular formula is C29H41NO3. The first-order valence-corrected chi connectivity index (χ1v) is 12.4. The molecular weight excluding hydrogens is 410 g/mol. The van der Waals surface area contributed by atoms with Crippen LogP contribution in [0.5, 0.6) is 5.75 Å². The van der Waals surface area contributed by atoms with Gasteiger partial charge in [0.1, 0.15) is 11.4 Å². The maximum absolute atomic E-state index is 13.6. The van der Waals surface area contributed by atoms with Crippen molar-refractivity contribution in [3.05, 3.63) is 65.2 Å². The zero-order valence-corrected chi connectivity index (χ0v) is 21.3. The molecule has 1 fully saturated rings. The van der Waals surface area contributed by atoms with Crippen molar-refractivity contribution in [2.24, 2.45) is 11.8 Å². The van der Waals surface area contributed by atoms with Gasteiger partial charge >= 0.3 is 5.97 Å². The molecule has 180 valence electrons. The van der Waals surface area contributed by atoms with E-state index in [0.29, 0.717) is 5.92 Å². The van der Waals surface area contributed by atoms with E-state index in [4.69, 9.17) is 9.47 Å². The van der Waals surface area contributed by atoms with E-state index in [1.54, 1.807) is 7.11 Å². The number of carbonyl (C=O) groups is 1. The number of hydrogen-bond donors (Lipinski definition) is 0. The molecule has 0 heterocycles. The molecule has 0 aliphatic heterocycles. The second-order valence-corrected chi connectivity index (χ2v) is 10.3. The SMILES string of the molecule is COc1cccc([C@@]2(OC(=O)[C@@H](C)c3ccc(CC(C)C)cc3)CCCC[C@@H]2CN(C)C)c1. The zero-order valence-electron chi connectivity index (χ0n) is 21.3. The minimum absolute atomic E-state index is 0.153. The molecule has 4 nitrogen and oxygen atoms in total. The first-order chi connectivity index (χ1) is 15.7. The number of hydrogen-bond acceptors (Lipinski definition) is 4. The van der Waals surface area contributed by atoms with Gasteiger partial charge in [-0.2, -0.15) is 0 Å². The highest BCUT2D eigenvalue weighted by Gasteiger charge is 2.46. The molecule has 1 aliphatic carbocycles. The molecule has 2 aromatic carbocycles. The lowest BCUT2D eigenvalue weighted by atomic mass is 9.70. The molecule has 4 heteroatoms. The summed E-state index contributed by atoms with van der Waals surface area (Å²) in [5, 5.41) is 0. The van der Waals surface area contributed by atoms with Crippen LogP contribution in [0.4, 0.5) is 0 Å². The molecule has 0 aromatic heterocycles. The molecule has 0 radical (unpaired) electrons. The first-order valence-electron chi connectivity index (χ1n) is 12.4. The van der Waals surface area contributed by atoms with Gasteiger partial charge in [0.05, 0.1) is 13.0 Å². The van der Waals surface area contributed by atoms with Crippen molar-refractivity contribution >= 4 is 5.97 Å². The molecule has 1 saturated carbocycles. The van der Waals surface area contributed by atoms with E-state index in [-0.39, 0.29) is 17.8 Å². The molecule has 3 rings (SSSR count). The van der Waals surface area contributed by atoms with Crippen molar-refractivity contribution in [2.75, 3.05) is 27.7 Å². The van der Waals surface area contributed by atoms with E-state index in [1.165, 1.54) is 5.56 Å². The van der Waals surface area contributed by atoms with E-state index in [9.17, 15) is 4.79 Å². The molecule has 3 atom stereocenters. The van der Waals surface area contributed by atoms with E-state index >= 15 is 0 Å². The molecule has 0 spiro atoms. The third-order valence-corrected chi connectivity index (χ3v) is 6.91. The van der Waals surface area contributed by atoms with Crippen LogP contribution in [-0.4, -0.2) is 38.6 Å². The summed E-state index contributed by atoms with van der Waals surface area (Å²) in [4.78, 5) is 15.8. The smallest absolute Gasteiger partial charge is 0.314 e. The van der Waals surface area contributed by atoms with Crippen LogP contribution >= 0.6 is 0 Å². The number of carbonyl (C=O) groups excluding carboxylic acids is 1. The van der Waals surface area contributed by atoms with Crippen molar-refractivity contribution in [2.45, 2.75) is 64.4 Å². The van der Waals surface area contributed by atoms with Crippen LogP contribution in [0.15, 0.2) is 48.5 Å². The fraction of sp³-hybridized carbons (Fsp3) is 0.552. The lowest BCUT2D eigenvalue weighted by Gasteiger charge is -2.45. The number of benzene rings is 2. The fourth-order valence-electron chi connectivity index (χ4n) is 5.17. The van der Waals surface area contributed by atoms with Crippen molar-refractivity contribution in [1.82, 2.24) is 4.90 Å². The molecule has 1 aliphatic rings. The normalized spacial score (nSPS) is 21.8. The highest BCUT2D eigenvalue weighted by molar-refractivity contribution is 5.78. The minimum atomic E-state index is -0.639. The lowest BCUT2D eigenvalue weighted by molar-refractivity contribution is -0.176. The van der Waals surface area contributed by atoms with E-state index in [1.807, 2.05) is 25.1 Å². The van der Waals surface area contributed by atoms with E-state index in [0.717, 1.165) is 55.5 Å². The fourth-order valence-corrected chi connectivity index (χ4v) is 5.17. The highest BCUT2D eigenvalue weighted by Crippen LogP contribution is 2.46. The molecule has 33 heavy (non-hydrogen) atoms. The van der Waals surface area contributed by atoms with Crippen molar-refractivity contribution < 1.29 is 14.3 Å². The van der Waals surface area contributed by atoms with Gasteiger partial charge in [-0.05, 0) is 81.4 Å². The van der Waals surface area contributed by atoms with Crippen LogP contribution in [0.2, 0.25) is 0 Å². The molecule has 0 N–H and O–H groups in total. The molecule has 0 saturated heterocycles. The van der Waals surface area contributed by atoms with Crippen molar-refractivity contribution in [1.29, 1.82) is 0 Å². The van der Waals surface area contributed by atoms with Gasteiger partial charge in [-0.3, -0.25) is 4.79 Å². The van der Waals surface area contributed by atoms with Crippen LogP contribution in [-0.2, 0) is 21.6 Å². The average molecular weight is 452 g/mol. The third kappa shape index (κ3) is 6.17. The standard InChI is InChI=1S/C29H41NO3/c1-21(2)18-23-13-15-24(16-14-23)22(3)28(31)33-29(25-11-9-12-27(19-25)32-6)17-8-7-10-26(29)20-30(4)5/h9,11-16,19,21-22,26H,7-8,10,17-18,20H2,1-6H3/t22-,26+,29-/m0/s1. The van der Waals surface area contributed by atoms with Gasteiger partial charge in [-0.1, -0.05) is 56.7 Å². The van der Waals surface area contributed by atoms with Gasteiger partial charge in [0.25, 0.3) is 0 Å². The van der Waals surface area contributed by atoms with Crippen LogP contribution < -0.4 is 4.74 Å². The summed E-state index contributed by atoms with van der Waals surface area (Å²) in [5.41, 5.74) is 2.72. The van der Waals surface area contributed by atoms with Gasteiger partial charge in [0.2, 0.25) is 0 Å². The number of methoxy groups -OCH3 is 1. The number of esters is 1. The summed E-state index contributed by atoms with van der Waals surface area (Å²) in [6, 6.07) is 16.5. The Bertz CT molecular complexity index is 905. The molecule has 0 amide bonds. The summed E-state index contributed by atoms with van der Waals surface area (Å²) in [5.74, 6) is 1.17. The Morgan fingerprint density at radius 3 is 2.45 bits per heavy atom. The molecule has 2 aromatic rings. The summed E-state index contributed by atoms with van der Waals surface area (Å²) in [6.45, 7) is 7.28. The van der Waals surface area contributed by atoms with Gasteiger partial charge in [0, 0.05) is 12.5 Å². The largest absolute Gasteiger partial charge is 0.497 e. The monoisotopic (exact) mass is 451 g/mol. The Kier molecular flexibility index (Phi) is 8.58. The van der Waals surface area contributed by atoms with Gasteiger partial charge in [-0.15, -0.1) is 0 Å². The van der Waals surface area contributed by atoms with Crippen LogP contribution in [0.3, 0.4) is 0 Å². The second-order valence-electron chi connectivity index (χ2n) is 10.3. The minimum Gasteiger partial charge on any atom is -0.497 e. The number of nitrogens with zero attached hydrogens (tertiary/aromatic N) is 1. The van der Waals surface area contributed by atoms with Crippen molar-refractivity contribution in [3.8, 4) is 5.75 Å². The maximum Gasteiger partial charge on any atom is 0.314 e. The highest BCUT2D eigenvalue weighted by atomic mass is 16.6. The summed E-state index contributed by atoms with van der Waals surface area (Å²) < 4.78 is 12.1. The predicted molar refractivity (Wildman–Crippen MR) is 135 cm³/mol. The summed E-state index contributed by atoms with van der Waals surface area (Å²) >= 11 is 0. The van der Waals surface area contributed by atoms with Gasteiger partial charge < -0.3 is 14.4 Å². The van der Waals surface area contributed by atoms with Crippen LogP contribution in [0.25, 0.3) is 0 Å². The lowest BCUT2D eigenvalue weighted by Crippen LogP contribution is -2.47. The van der Waals surface area contributed by atoms with Crippen LogP contribution in [0.1, 0.15) is 69.1 Å². The van der Waals surface area contributed by atoms with Gasteiger partial charge in [-0.25, -0.2) is 0 Å². The maximum atomic E-state index is 13.6. The average Bonchev–Trinajstić information content (AvgIpc) is 2.79. The Labute approximate surface area is 200 Å². The number of rotatable bonds is 9. The Balaban J connectivity index is 1.91. The quantitative estimate of drug-likeness (QED) is 0.426. The van der Waals surface area contributed by atoms with Crippen LogP contribution in [0, 0.1) is 11.8 Å². The third-order valence-electron chi connectivity index (χ3n) is 6.91. The van der Waals surface area contributed by atoms with E-state index in [2.05, 4.69) is 63.2 Å². The summed E-state index contributed by atoms with van der Waals surface area (Å²) in [6.07, 6.45) is 5.14. The predicted octanol–water partition coefficient (Wildman–Crippen LogP) is 6.19. The summed E-state index contributed by atoms with van der Waals surface area (Å²) in [7, 11) is 5.86. The Morgan fingerprint density at radius 2 is 1.82 bits per heavy atom. The van der Waals surface area contributed by atoms with E-state index < -0.39 is 5.60 Å². The van der Waals surface area contributed by atoms with Gasteiger partial charge in [0.15, 0.2) is 0 Å². The first kappa shape index (κ1) is 25.3. The Morgan fingerprint density at radius 1 is 1.09 bits per heavy atom. The zero-order chi connectivity index (χ0) is 24.0. The molecule has 0 bridgehead atoms. The second kappa shape index (κ2) is 11.2. The topological polar surface area (TPSA) is 38.8 Å². The van der Waals surface area contributed by atoms with Crippen molar-refractivity contribution in [3.63, 3.8) is 0 Å². The Hall–Kier alpha value is -2.33.